The molecule has 4 N–H and O–H groups in total. The maximum absolute atomic E-state index is 12.0. The molecular formula is C18H20NO4P. The smallest absolute Gasteiger partial charge is 0.329 e. The van der Waals surface area contributed by atoms with E-state index in [-0.39, 0.29) is 17.2 Å². The average Bonchev–Trinajstić information content (AvgIpc) is 2.88. The van der Waals surface area contributed by atoms with E-state index in [4.69, 9.17) is 9.92 Å². The van der Waals surface area contributed by atoms with Crippen molar-refractivity contribution in [3.05, 3.63) is 59.2 Å². The number of rotatable bonds is 4. The Morgan fingerprint density at radius 1 is 1.21 bits per heavy atom. The monoisotopic (exact) mass is 345 g/mol. The highest BCUT2D eigenvalue weighted by atomic mass is 31.2. The van der Waals surface area contributed by atoms with E-state index in [1.54, 1.807) is 24.3 Å². The maximum Gasteiger partial charge on any atom is 0.329 e. The van der Waals surface area contributed by atoms with Crippen molar-refractivity contribution in [3.8, 4) is 5.75 Å². The molecule has 0 spiro atoms. The second kappa shape index (κ2) is 6.10. The maximum atomic E-state index is 12.0. The lowest BCUT2D eigenvalue weighted by molar-refractivity contribution is 0.464. The first-order valence-electron chi connectivity index (χ1n) is 7.71. The first kappa shape index (κ1) is 16.8. The van der Waals surface area contributed by atoms with Crippen LogP contribution in [0.15, 0.2) is 46.9 Å². The number of hydrogen-bond donors (Lipinski definition) is 3. The predicted octanol–water partition coefficient (Wildman–Crippen LogP) is 3.62. The van der Waals surface area contributed by atoms with Crippen molar-refractivity contribution in [2.45, 2.75) is 26.2 Å². The summed E-state index contributed by atoms with van der Waals surface area (Å²) < 4.78 is 17.6. The number of benzene rings is 2. The minimum atomic E-state index is -4.02. The molecule has 0 bridgehead atoms. The lowest BCUT2D eigenvalue weighted by Crippen LogP contribution is -2.13. The molecule has 3 rings (SSSR count). The summed E-state index contributed by atoms with van der Waals surface area (Å²) in [5, 5.41) is 10.7. The molecular weight excluding hydrogens is 325 g/mol. The van der Waals surface area contributed by atoms with E-state index in [2.05, 4.69) is 0 Å². The van der Waals surface area contributed by atoms with Crippen LogP contribution in [0.25, 0.3) is 11.0 Å². The van der Waals surface area contributed by atoms with Crippen LogP contribution in [0.5, 0.6) is 5.75 Å². The van der Waals surface area contributed by atoms with Crippen molar-refractivity contribution >= 4 is 24.0 Å². The van der Waals surface area contributed by atoms with Gasteiger partial charge in [0.2, 0.25) is 5.50 Å². The van der Waals surface area contributed by atoms with Gasteiger partial charge in [-0.2, -0.15) is 0 Å². The van der Waals surface area contributed by atoms with Crippen molar-refractivity contribution < 1.29 is 19.0 Å². The van der Waals surface area contributed by atoms with Crippen LogP contribution in [0, 0.1) is 0 Å². The minimum absolute atomic E-state index is 0.0668. The zero-order valence-electron chi connectivity index (χ0n) is 13.6. The van der Waals surface area contributed by atoms with Gasteiger partial charge < -0.3 is 14.4 Å². The highest BCUT2D eigenvalue weighted by molar-refractivity contribution is 7.63. The van der Waals surface area contributed by atoms with Crippen molar-refractivity contribution in [1.82, 2.24) is 0 Å². The van der Waals surface area contributed by atoms with Crippen LogP contribution in [0.2, 0.25) is 0 Å². The van der Waals surface area contributed by atoms with Gasteiger partial charge in [-0.05, 0) is 29.2 Å². The normalized spacial score (nSPS) is 14.2. The fraction of sp³-hybridized carbons (Fsp3) is 0.222. The fourth-order valence-electron chi connectivity index (χ4n) is 2.90. The first-order chi connectivity index (χ1) is 11.3. The summed E-state index contributed by atoms with van der Waals surface area (Å²) in [5.74, 6) is 0.418. The van der Waals surface area contributed by atoms with Crippen LogP contribution in [-0.2, 0) is 11.0 Å². The summed E-state index contributed by atoms with van der Waals surface area (Å²) in [6.07, 6.45) is 0.397. The summed E-state index contributed by atoms with van der Waals surface area (Å²) in [4.78, 5) is 9.84. The van der Waals surface area contributed by atoms with Crippen molar-refractivity contribution in [2.24, 2.45) is 5.50 Å². The quantitative estimate of drug-likeness (QED) is 0.628. The Bertz CT molecular complexity index is 939. The Hall–Kier alpha value is -2.07. The van der Waals surface area contributed by atoms with Crippen LogP contribution < -0.4 is 11.0 Å². The van der Waals surface area contributed by atoms with Crippen molar-refractivity contribution in [2.75, 3.05) is 0 Å². The zero-order chi connectivity index (χ0) is 17.5. The van der Waals surface area contributed by atoms with Crippen LogP contribution in [0.4, 0.5) is 0 Å². The van der Waals surface area contributed by atoms with Gasteiger partial charge >= 0.3 is 7.52 Å². The van der Waals surface area contributed by atoms with E-state index in [0.717, 1.165) is 16.5 Å². The number of phenols is 1. The third-order valence-corrected chi connectivity index (χ3v) is 5.01. The molecule has 1 atom stereocenters. The molecule has 0 aliphatic carbocycles. The lowest BCUT2D eigenvalue weighted by atomic mass is 9.96. The molecule has 126 valence electrons. The van der Waals surface area contributed by atoms with E-state index in [1.165, 1.54) is 0 Å². The Labute approximate surface area is 140 Å². The van der Waals surface area contributed by atoms with Gasteiger partial charge in [0.15, 0.2) is 0 Å². The van der Waals surface area contributed by atoms with Crippen LogP contribution in [-0.4, -0.2) is 10.00 Å². The standard InChI is InChI=1S/C18H20NO4P/c1-11(2)14-9-12(7-8-16(14)20)10-15-13-5-3-4-6-17(13)23-18(15)24(19,21)22/h3-9,11,20H,10H2,1-2H3,(H3,19,21,22). The molecule has 0 saturated carbocycles. The minimum Gasteiger partial charge on any atom is -0.508 e. The van der Waals surface area contributed by atoms with E-state index in [9.17, 15) is 14.6 Å². The van der Waals surface area contributed by atoms with Crippen molar-refractivity contribution in [3.63, 3.8) is 0 Å². The number of para-hydroxylation sites is 1. The molecule has 1 aromatic heterocycles. The molecule has 3 aromatic rings. The van der Waals surface area contributed by atoms with Gasteiger partial charge in [0.1, 0.15) is 11.3 Å². The first-order valence-corrected chi connectivity index (χ1v) is 9.44. The second-order valence-corrected chi connectivity index (χ2v) is 7.88. The number of nitrogens with two attached hydrogens (primary N) is 1. The largest absolute Gasteiger partial charge is 0.508 e. The molecule has 0 amide bonds. The molecule has 0 aliphatic rings. The van der Waals surface area contributed by atoms with Gasteiger partial charge in [-0.15, -0.1) is 0 Å². The van der Waals surface area contributed by atoms with Gasteiger partial charge in [-0.25, -0.2) is 0 Å². The third kappa shape index (κ3) is 3.11. The SMILES string of the molecule is CC(C)c1cc(Cc2c(P(N)(=O)O)oc3ccccc23)ccc1O. The Balaban J connectivity index is 2.13. The number of furan rings is 1. The molecule has 0 saturated heterocycles. The van der Waals surface area contributed by atoms with Crippen molar-refractivity contribution in [1.29, 1.82) is 0 Å². The van der Waals surface area contributed by atoms with Crippen LogP contribution in [0.1, 0.15) is 36.5 Å². The summed E-state index contributed by atoms with van der Waals surface area (Å²) in [7, 11) is -4.02. The molecule has 0 radical (unpaired) electrons. The number of hydrogen-bond acceptors (Lipinski definition) is 3. The summed E-state index contributed by atoms with van der Waals surface area (Å²) >= 11 is 0. The predicted molar refractivity (Wildman–Crippen MR) is 94.9 cm³/mol. The topological polar surface area (TPSA) is 96.7 Å². The molecule has 5 nitrogen and oxygen atoms in total. The zero-order valence-corrected chi connectivity index (χ0v) is 14.5. The number of aromatic hydroxyl groups is 1. The summed E-state index contributed by atoms with van der Waals surface area (Å²) in [6.45, 7) is 4.00. The van der Waals surface area contributed by atoms with Crippen LogP contribution in [0.3, 0.4) is 0 Å². The molecule has 1 heterocycles. The third-order valence-electron chi connectivity index (χ3n) is 4.06. The van der Waals surface area contributed by atoms with E-state index >= 15 is 0 Å². The second-order valence-electron chi connectivity index (χ2n) is 6.23. The molecule has 24 heavy (non-hydrogen) atoms. The van der Waals surface area contributed by atoms with Gasteiger partial charge in [0.25, 0.3) is 0 Å². The van der Waals surface area contributed by atoms with Crippen LogP contribution >= 0.6 is 7.52 Å². The van der Waals surface area contributed by atoms with Gasteiger partial charge in [0.05, 0.1) is 0 Å². The van der Waals surface area contributed by atoms with Gasteiger partial charge in [0, 0.05) is 17.4 Å². The van der Waals surface area contributed by atoms with E-state index in [1.807, 2.05) is 32.0 Å². The van der Waals surface area contributed by atoms with Gasteiger partial charge in [-0.1, -0.05) is 44.2 Å². The molecule has 0 fully saturated rings. The van der Waals surface area contributed by atoms with E-state index < -0.39 is 7.52 Å². The summed E-state index contributed by atoms with van der Waals surface area (Å²) in [6, 6.07) is 12.6. The Morgan fingerprint density at radius 3 is 2.58 bits per heavy atom. The number of phenolic OH excluding ortho intramolecular Hbond substituents is 1. The summed E-state index contributed by atoms with van der Waals surface area (Å²) in [5.41, 5.74) is 8.28. The highest BCUT2D eigenvalue weighted by Crippen LogP contribution is 2.37. The van der Waals surface area contributed by atoms with E-state index in [0.29, 0.717) is 17.6 Å². The Kier molecular flexibility index (Phi) is 4.26. The fourth-order valence-corrected chi connectivity index (χ4v) is 3.71. The highest BCUT2D eigenvalue weighted by Gasteiger charge is 2.27. The Morgan fingerprint density at radius 2 is 1.92 bits per heavy atom. The van der Waals surface area contributed by atoms with Gasteiger partial charge in [-0.3, -0.25) is 10.1 Å². The lowest BCUT2D eigenvalue weighted by Gasteiger charge is -2.11. The molecule has 0 aliphatic heterocycles. The molecule has 1 unspecified atom stereocenters. The molecule has 2 aromatic carbocycles. The average molecular weight is 345 g/mol. The number of fused-ring (bicyclic) bond motifs is 1. The molecule has 6 heteroatoms.